The van der Waals surface area contributed by atoms with Crippen LogP contribution in [0.5, 0.6) is 0 Å². The first-order valence-electron chi connectivity index (χ1n) is 11.5. The molecule has 0 aliphatic carbocycles. The molecule has 1 amide bonds. The molecule has 0 saturated carbocycles. The highest BCUT2D eigenvalue weighted by molar-refractivity contribution is 6.02. The molecule has 1 aliphatic rings. The monoisotopic (exact) mass is 445 g/mol. The summed E-state index contributed by atoms with van der Waals surface area (Å²) in [6.45, 7) is 4.66. The lowest BCUT2D eigenvalue weighted by Crippen LogP contribution is -2.17. The van der Waals surface area contributed by atoms with Crippen molar-refractivity contribution < 1.29 is 14.3 Å². The Morgan fingerprint density at radius 2 is 1.67 bits per heavy atom. The molecule has 0 radical (unpaired) electrons. The van der Waals surface area contributed by atoms with Gasteiger partial charge in [0, 0.05) is 42.3 Å². The molecule has 2 N–H and O–H groups in total. The quantitative estimate of drug-likeness (QED) is 0.524. The average Bonchev–Trinajstić information content (AvgIpc) is 3.46. The topological polar surface area (TPSA) is 77.6 Å². The van der Waals surface area contributed by atoms with Gasteiger partial charge in [-0.15, -0.1) is 0 Å². The number of benzene rings is 2. The lowest BCUT2D eigenvalue weighted by Gasteiger charge is -2.18. The van der Waals surface area contributed by atoms with Gasteiger partial charge in [-0.25, -0.2) is 0 Å². The summed E-state index contributed by atoms with van der Waals surface area (Å²) in [7, 11) is 1.39. The van der Waals surface area contributed by atoms with Crippen molar-refractivity contribution in [2.75, 3.05) is 25.1 Å². The van der Waals surface area contributed by atoms with E-state index in [1.807, 2.05) is 25.1 Å². The van der Waals surface area contributed by atoms with Gasteiger partial charge in [-0.1, -0.05) is 42.5 Å². The van der Waals surface area contributed by atoms with Crippen LogP contribution in [0.1, 0.15) is 46.6 Å². The van der Waals surface area contributed by atoms with E-state index in [1.165, 1.54) is 25.6 Å². The summed E-state index contributed by atoms with van der Waals surface area (Å²) in [5.74, 6) is -0.742. The summed E-state index contributed by atoms with van der Waals surface area (Å²) in [5.41, 5.74) is 12.2. The molecule has 0 bridgehead atoms. The maximum atomic E-state index is 12.6. The summed E-state index contributed by atoms with van der Waals surface area (Å²) in [4.78, 5) is 27.0. The van der Waals surface area contributed by atoms with E-state index in [1.54, 1.807) is 0 Å². The highest BCUT2D eigenvalue weighted by Crippen LogP contribution is 2.35. The zero-order valence-electron chi connectivity index (χ0n) is 19.3. The largest absolute Gasteiger partial charge is 0.469 e. The average molecular weight is 446 g/mol. The van der Waals surface area contributed by atoms with Gasteiger partial charge in [-0.2, -0.15) is 0 Å². The van der Waals surface area contributed by atoms with Gasteiger partial charge >= 0.3 is 5.97 Å². The molecule has 2 heterocycles. The minimum Gasteiger partial charge on any atom is -0.469 e. The van der Waals surface area contributed by atoms with Gasteiger partial charge in [0.15, 0.2) is 0 Å². The molecule has 3 aromatic rings. The standard InChI is InChI=1S/C27H31N3O3/c1-19-25(27(28)32)26(21-10-12-22(13-11-21)29-16-6-7-17-29)23(14-15-24(31)33-2)30(19)18-20-8-4-3-5-9-20/h3-5,8-13H,6-7,14-18H2,1-2H3,(H2,28,32). The van der Waals surface area contributed by atoms with Gasteiger partial charge < -0.3 is 19.9 Å². The first kappa shape index (κ1) is 22.6. The predicted octanol–water partition coefficient (Wildman–Crippen LogP) is 4.32. The van der Waals surface area contributed by atoms with Crippen molar-refractivity contribution in [2.24, 2.45) is 5.73 Å². The summed E-state index contributed by atoms with van der Waals surface area (Å²) in [5, 5.41) is 0. The number of aromatic nitrogens is 1. The van der Waals surface area contributed by atoms with Crippen LogP contribution in [0.2, 0.25) is 0 Å². The Balaban J connectivity index is 1.81. The molecular formula is C27H31N3O3. The third-order valence-electron chi connectivity index (χ3n) is 6.48. The molecule has 1 aromatic heterocycles. The molecule has 2 aromatic carbocycles. The zero-order valence-corrected chi connectivity index (χ0v) is 19.3. The van der Waals surface area contributed by atoms with E-state index in [0.29, 0.717) is 18.5 Å². The minimum atomic E-state index is -0.461. The predicted molar refractivity (Wildman–Crippen MR) is 130 cm³/mol. The smallest absolute Gasteiger partial charge is 0.305 e. The number of carbonyl (C=O) groups excluding carboxylic acids is 2. The Kier molecular flexibility index (Phi) is 6.82. The third kappa shape index (κ3) is 4.80. The van der Waals surface area contributed by atoms with Crippen LogP contribution in [0, 0.1) is 6.92 Å². The van der Waals surface area contributed by atoms with E-state index in [4.69, 9.17) is 10.5 Å². The first-order chi connectivity index (χ1) is 16.0. The molecule has 0 spiro atoms. The van der Waals surface area contributed by atoms with E-state index in [9.17, 15) is 9.59 Å². The van der Waals surface area contributed by atoms with Crippen LogP contribution >= 0.6 is 0 Å². The van der Waals surface area contributed by atoms with Crippen LogP contribution in [-0.2, 0) is 22.5 Å². The van der Waals surface area contributed by atoms with Crippen LogP contribution < -0.4 is 10.6 Å². The molecule has 172 valence electrons. The van der Waals surface area contributed by atoms with E-state index in [-0.39, 0.29) is 12.4 Å². The second-order valence-corrected chi connectivity index (χ2v) is 8.54. The van der Waals surface area contributed by atoms with Crippen molar-refractivity contribution in [3.63, 3.8) is 0 Å². The van der Waals surface area contributed by atoms with Gasteiger partial charge in [-0.05, 0) is 49.4 Å². The molecule has 6 heteroatoms. The van der Waals surface area contributed by atoms with Crippen molar-refractivity contribution in [1.29, 1.82) is 0 Å². The normalized spacial score (nSPS) is 13.3. The number of nitrogens with two attached hydrogens (primary N) is 1. The second kappa shape index (κ2) is 9.94. The van der Waals surface area contributed by atoms with E-state index in [2.05, 4.69) is 45.9 Å². The Morgan fingerprint density at radius 3 is 2.27 bits per heavy atom. The Labute approximate surface area is 195 Å². The van der Waals surface area contributed by atoms with E-state index in [0.717, 1.165) is 41.2 Å². The highest BCUT2D eigenvalue weighted by Gasteiger charge is 2.25. The van der Waals surface area contributed by atoms with Gasteiger partial charge in [-0.3, -0.25) is 9.59 Å². The van der Waals surface area contributed by atoms with E-state index >= 15 is 0 Å². The number of rotatable bonds is 8. The fourth-order valence-electron chi connectivity index (χ4n) is 4.79. The number of nitrogens with zero attached hydrogens (tertiary/aromatic N) is 2. The molecule has 1 saturated heterocycles. The van der Waals surface area contributed by atoms with Gasteiger partial charge in [0.25, 0.3) is 5.91 Å². The van der Waals surface area contributed by atoms with Gasteiger partial charge in [0.1, 0.15) is 0 Å². The molecule has 1 aliphatic heterocycles. The van der Waals surface area contributed by atoms with Crippen LogP contribution in [0.4, 0.5) is 5.69 Å². The van der Waals surface area contributed by atoms with Crippen LogP contribution in [-0.4, -0.2) is 36.6 Å². The maximum absolute atomic E-state index is 12.6. The van der Waals surface area contributed by atoms with Crippen LogP contribution in [0.25, 0.3) is 11.1 Å². The third-order valence-corrected chi connectivity index (χ3v) is 6.48. The molecular weight excluding hydrogens is 414 g/mol. The van der Waals surface area contributed by atoms with Crippen LogP contribution in [0.3, 0.4) is 0 Å². The number of hydrogen-bond acceptors (Lipinski definition) is 4. The van der Waals surface area contributed by atoms with Gasteiger partial charge in [0.05, 0.1) is 19.1 Å². The highest BCUT2D eigenvalue weighted by atomic mass is 16.5. The fraction of sp³-hybridized carbons (Fsp3) is 0.333. The van der Waals surface area contributed by atoms with E-state index < -0.39 is 5.91 Å². The summed E-state index contributed by atoms with van der Waals surface area (Å²) in [6.07, 6.45) is 3.11. The SMILES string of the molecule is COC(=O)CCc1c(-c2ccc(N3CCCC3)cc2)c(C(N)=O)c(C)n1Cc1ccccc1. The molecule has 0 unspecified atom stereocenters. The van der Waals surface area contributed by atoms with Crippen molar-refractivity contribution in [1.82, 2.24) is 4.57 Å². The number of esters is 1. The van der Waals surface area contributed by atoms with Gasteiger partial charge in [0.2, 0.25) is 0 Å². The molecule has 33 heavy (non-hydrogen) atoms. The number of hydrogen-bond donors (Lipinski definition) is 1. The Hall–Kier alpha value is -3.54. The maximum Gasteiger partial charge on any atom is 0.305 e. The fourth-order valence-corrected chi connectivity index (χ4v) is 4.79. The lowest BCUT2D eigenvalue weighted by atomic mass is 9.97. The number of carbonyl (C=O) groups is 2. The minimum absolute atomic E-state index is 0.228. The van der Waals surface area contributed by atoms with Crippen molar-refractivity contribution >= 4 is 17.6 Å². The Bertz CT molecular complexity index is 1130. The summed E-state index contributed by atoms with van der Waals surface area (Å²) in [6, 6.07) is 18.4. The molecule has 6 nitrogen and oxygen atoms in total. The summed E-state index contributed by atoms with van der Waals surface area (Å²) >= 11 is 0. The molecule has 1 fully saturated rings. The van der Waals surface area contributed by atoms with Crippen molar-refractivity contribution in [3.8, 4) is 11.1 Å². The molecule has 4 rings (SSSR count). The van der Waals surface area contributed by atoms with Crippen molar-refractivity contribution in [3.05, 3.63) is 77.1 Å². The number of amides is 1. The van der Waals surface area contributed by atoms with Crippen molar-refractivity contribution in [2.45, 2.75) is 39.2 Å². The lowest BCUT2D eigenvalue weighted by molar-refractivity contribution is -0.140. The Morgan fingerprint density at radius 1 is 1.00 bits per heavy atom. The van der Waals surface area contributed by atoms with Crippen LogP contribution in [0.15, 0.2) is 54.6 Å². The second-order valence-electron chi connectivity index (χ2n) is 8.54. The zero-order chi connectivity index (χ0) is 23.4. The number of anilines is 1. The summed E-state index contributed by atoms with van der Waals surface area (Å²) < 4.78 is 7.00. The number of ether oxygens (including phenoxy) is 1. The first-order valence-corrected chi connectivity index (χ1v) is 11.5. The number of primary amides is 1. The molecule has 0 atom stereocenters. The number of methoxy groups -OCH3 is 1.